The van der Waals surface area contributed by atoms with Crippen LogP contribution in [0.5, 0.6) is 5.75 Å². The number of methoxy groups -OCH3 is 1. The number of ether oxygens (including phenoxy) is 1. The zero-order valence-corrected chi connectivity index (χ0v) is 21.0. The number of aryl methyl sites for hydroxylation is 1. The molecule has 0 spiro atoms. The molecular formula is C30H33NO5. The molecule has 2 bridgehead atoms. The van der Waals surface area contributed by atoms with E-state index < -0.39 is 0 Å². The van der Waals surface area contributed by atoms with Gasteiger partial charge in [-0.1, -0.05) is 17.6 Å². The van der Waals surface area contributed by atoms with E-state index in [1.54, 1.807) is 25.2 Å². The Morgan fingerprint density at radius 3 is 2.67 bits per heavy atom. The molecule has 0 radical (unpaired) electrons. The fourth-order valence-corrected chi connectivity index (χ4v) is 6.81. The summed E-state index contributed by atoms with van der Waals surface area (Å²) in [6.07, 6.45) is 9.84. The lowest BCUT2D eigenvalue weighted by Crippen LogP contribution is -2.51. The van der Waals surface area contributed by atoms with Crippen LogP contribution in [0.3, 0.4) is 0 Å². The van der Waals surface area contributed by atoms with Gasteiger partial charge in [0, 0.05) is 23.6 Å². The summed E-state index contributed by atoms with van der Waals surface area (Å²) in [6, 6.07) is 9.04. The van der Waals surface area contributed by atoms with Crippen molar-refractivity contribution in [3.8, 4) is 17.1 Å². The molecule has 1 aromatic carbocycles. The number of rotatable bonds is 5. The number of carbonyl (C=O) groups excluding carboxylic acids is 1. The molecule has 3 atom stereocenters. The molecule has 1 N–H and O–H groups in total. The van der Waals surface area contributed by atoms with E-state index in [0.29, 0.717) is 34.5 Å². The van der Waals surface area contributed by atoms with E-state index in [4.69, 9.17) is 13.6 Å². The molecule has 1 amide bonds. The van der Waals surface area contributed by atoms with Gasteiger partial charge < -0.3 is 18.9 Å². The normalized spacial score (nSPS) is 23.4. The maximum Gasteiger partial charge on any atom is 0.228 e. The predicted molar refractivity (Wildman–Crippen MR) is 138 cm³/mol. The molecule has 3 aromatic rings. The van der Waals surface area contributed by atoms with Gasteiger partial charge in [0.05, 0.1) is 19.1 Å². The van der Waals surface area contributed by atoms with Gasteiger partial charge in [0.1, 0.15) is 17.3 Å². The predicted octanol–water partition coefficient (Wildman–Crippen LogP) is 6.09. The highest BCUT2D eigenvalue weighted by molar-refractivity contribution is 5.90. The number of carbonyl (C=O) groups is 1. The number of benzene rings is 1. The Balaban J connectivity index is 1.33. The van der Waals surface area contributed by atoms with E-state index in [2.05, 4.69) is 5.32 Å². The Hall–Kier alpha value is -3.28. The summed E-state index contributed by atoms with van der Waals surface area (Å²) in [5.74, 6) is 2.66. The van der Waals surface area contributed by atoms with Crippen LogP contribution in [-0.2, 0) is 11.2 Å². The summed E-state index contributed by atoms with van der Waals surface area (Å²) in [7, 11) is 1.62. The van der Waals surface area contributed by atoms with Crippen LogP contribution in [-0.4, -0.2) is 19.1 Å². The number of furan rings is 1. The molecule has 2 heterocycles. The molecule has 1 fully saturated rings. The highest BCUT2D eigenvalue weighted by Gasteiger charge is 2.41. The molecule has 6 rings (SSSR count). The van der Waals surface area contributed by atoms with Crippen LogP contribution in [0.2, 0.25) is 0 Å². The van der Waals surface area contributed by atoms with Crippen molar-refractivity contribution in [1.82, 2.24) is 5.32 Å². The Morgan fingerprint density at radius 1 is 1.06 bits per heavy atom. The smallest absolute Gasteiger partial charge is 0.228 e. The minimum Gasteiger partial charge on any atom is -0.497 e. The first kappa shape index (κ1) is 23.1. The summed E-state index contributed by atoms with van der Waals surface area (Å²) in [6.45, 7) is 1.74. The van der Waals surface area contributed by atoms with Crippen molar-refractivity contribution in [2.75, 3.05) is 7.11 Å². The van der Waals surface area contributed by atoms with Crippen molar-refractivity contribution in [2.45, 2.75) is 70.8 Å². The second kappa shape index (κ2) is 9.30. The zero-order chi connectivity index (χ0) is 24.8. The van der Waals surface area contributed by atoms with Gasteiger partial charge in [-0.25, -0.2) is 0 Å². The van der Waals surface area contributed by atoms with E-state index >= 15 is 0 Å². The van der Waals surface area contributed by atoms with Crippen LogP contribution in [0.25, 0.3) is 22.5 Å². The largest absolute Gasteiger partial charge is 0.497 e. The second-order valence-corrected chi connectivity index (χ2v) is 10.6. The molecule has 0 aliphatic heterocycles. The number of hydrogen-bond acceptors (Lipinski definition) is 5. The molecule has 188 valence electrons. The van der Waals surface area contributed by atoms with Gasteiger partial charge in [-0.15, -0.1) is 0 Å². The zero-order valence-electron chi connectivity index (χ0n) is 21.0. The van der Waals surface area contributed by atoms with Crippen LogP contribution >= 0.6 is 0 Å². The van der Waals surface area contributed by atoms with Gasteiger partial charge >= 0.3 is 0 Å². The van der Waals surface area contributed by atoms with Crippen LogP contribution in [0.1, 0.15) is 62.7 Å². The fraction of sp³-hybridized carbons (Fsp3) is 0.467. The third kappa shape index (κ3) is 4.06. The Kier molecular flexibility index (Phi) is 5.98. The second-order valence-electron chi connectivity index (χ2n) is 10.6. The molecule has 1 saturated carbocycles. The molecule has 6 heteroatoms. The number of amides is 1. The van der Waals surface area contributed by atoms with Gasteiger partial charge in [0.25, 0.3) is 0 Å². The topological polar surface area (TPSA) is 81.7 Å². The molecule has 3 aliphatic rings. The Morgan fingerprint density at radius 2 is 1.86 bits per heavy atom. The molecule has 2 aromatic heterocycles. The summed E-state index contributed by atoms with van der Waals surface area (Å²) < 4.78 is 17.3. The molecule has 36 heavy (non-hydrogen) atoms. The minimum absolute atomic E-state index is 0.0432. The average Bonchev–Trinajstić information content (AvgIpc) is 3.22. The Labute approximate surface area is 210 Å². The SMILES string of the molecule is COc1ccc(-c2oc3c(=O)cc(C)oc3c2CC(=O)NC2C3CCCC2C2=C(CCCC2)C3)cc1. The average molecular weight is 488 g/mol. The highest BCUT2D eigenvalue weighted by atomic mass is 16.5. The maximum atomic E-state index is 13.6. The summed E-state index contributed by atoms with van der Waals surface area (Å²) >= 11 is 0. The molecular weight excluding hydrogens is 454 g/mol. The van der Waals surface area contributed by atoms with Gasteiger partial charge in [-0.3, -0.25) is 9.59 Å². The standard InChI is InChI=1S/C30H33NO5/c1-17-14-25(32)30-29(35-17)24(28(36-30)18-10-12-21(34-2)13-11-18)16-26(33)31-27-20-7-5-9-23(27)22-8-4-3-6-19(22)15-20/h10-14,20,23,27H,3-9,15-16H2,1-2H3,(H,31,33). The van der Waals surface area contributed by atoms with E-state index in [1.165, 1.54) is 51.0 Å². The highest BCUT2D eigenvalue weighted by Crippen LogP contribution is 2.48. The lowest BCUT2D eigenvalue weighted by molar-refractivity contribution is -0.122. The first-order valence-electron chi connectivity index (χ1n) is 13.2. The fourth-order valence-electron chi connectivity index (χ4n) is 6.81. The van der Waals surface area contributed by atoms with Gasteiger partial charge in [0.2, 0.25) is 16.9 Å². The van der Waals surface area contributed by atoms with Crippen LogP contribution in [0.15, 0.2) is 55.1 Å². The van der Waals surface area contributed by atoms with Gasteiger partial charge in [-0.05, 0) is 82.1 Å². The van der Waals surface area contributed by atoms with Crippen molar-refractivity contribution < 1.29 is 18.4 Å². The molecule has 3 unspecified atom stereocenters. The Bertz CT molecular complexity index is 1390. The van der Waals surface area contributed by atoms with E-state index in [9.17, 15) is 9.59 Å². The lowest BCUT2D eigenvalue weighted by atomic mass is 9.63. The summed E-state index contributed by atoms with van der Waals surface area (Å²) in [5, 5.41) is 3.43. The number of fused-ring (bicyclic) bond motifs is 4. The summed E-state index contributed by atoms with van der Waals surface area (Å²) in [4.78, 5) is 26.2. The minimum atomic E-state index is -0.242. The van der Waals surface area contributed by atoms with E-state index in [-0.39, 0.29) is 29.4 Å². The van der Waals surface area contributed by atoms with E-state index in [0.717, 1.165) is 17.7 Å². The van der Waals surface area contributed by atoms with Gasteiger partial charge in [0.15, 0.2) is 5.58 Å². The first-order chi connectivity index (χ1) is 17.5. The van der Waals surface area contributed by atoms with Crippen molar-refractivity contribution in [1.29, 1.82) is 0 Å². The third-order valence-corrected chi connectivity index (χ3v) is 8.41. The van der Waals surface area contributed by atoms with Crippen LogP contribution in [0, 0.1) is 18.8 Å². The molecule has 0 saturated heterocycles. The number of nitrogens with one attached hydrogen (secondary N) is 1. The van der Waals surface area contributed by atoms with Crippen molar-refractivity contribution in [3.63, 3.8) is 0 Å². The van der Waals surface area contributed by atoms with Crippen LogP contribution in [0.4, 0.5) is 0 Å². The molecule has 3 aliphatic carbocycles. The van der Waals surface area contributed by atoms with Crippen molar-refractivity contribution >= 4 is 17.1 Å². The monoisotopic (exact) mass is 487 g/mol. The lowest BCUT2D eigenvalue weighted by Gasteiger charge is -2.46. The number of hydrogen-bond donors (Lipinski definition) is 1. The summed E-state index contributed by atoms with van der Waals surface area (Å²) in [5.41, 5.74) is 4.98. The van der Waals surface area contributed by atoms with Crippen molar-refractivity contribution in [3.05, 3.63) is 63.0 Å². The first-order valence-corrected chi connectivity index (χ1v) is 13.2. The van der Waals surface area contributed by atoms with Gasteiger partial charge in [-0.2, -0.15) is 0 Å². The third-order valence-electron chi connectivity index (χ3n) is 8.41. The quantitative estimate of drug-likeness (QED) is 0.441. The number of allylic oxidation sites excluding steroid dienone is 1. The van der Waals surface area contributed by atoms with Crippen LogP contribution < -0.4 is 15.5 Å². The molecule has 6 nitrogen and oxygen atoms in total. The van der Waals surface area contributed by atoms with Crippen molar-refractivity contribution in [2.24, 2.45) is 11.8 Å². The van der Waals surface area contributed by atoms with E-state index in [1.807, 2.05) is 24.3 Å². The maximum absolute atomic E-state index is 13.6.